The van der Waals surface area contributed by atoms with Crippen molar-refractivity contribution in [2.45, 2.75) is 6.54 Å². The average Bonchev–Trinajstić information content (AvgIpc) is 3.07. The third-order valence-electron chi connectivity index (χ3n) is 2.33. The van der Waals surface area contributed by atoms with Crippen LogP contribution in [-0.4, -0.2) is 20.1 Å². The molecule has 0 bridgehead atoms. The van der Waals surface area contributed by atoms with Gasteiger partial charge in [-0.15, -0.1) is 11.3 Å². The fourth-order valence-corrected chi connectivity index (χ4v) is 2.50. The molecule has 96 valence electrons. The van der Waals surface area contributed by atoms with Gasteiger partial charge in [0.1, 0.15) is 10.7 Å². The predicted molar refractivity (Wildman–Crippen MR) is 74.2 cm³/mol. The number of hydrogen-bond acceptors (Lipinski definition) is 7. The number of nitrogens with two attached hydrogens (primary N) is 1. The van der Waals surface area contributed by atoms with Gasteiger partial charge in [-0.3, -0.25) is 4.98 Å². The number of rotatable bonds is 3. The highest BCUT2D eigenvalue weighted by molar-refractivity contribution is 9.10. The summed E-state index contributed by atoms with van der Waals surface area (Å²) < 4.78 is 6.06. The highest BCUT2D eigenvalue weighted by atomic mass is 79.9. The van der Waals surface area contributed by atoms with Crippen LogP contribution in [0, 0.1) is 0 Å². The van der Waals surface area contributed by atoms with E-state index in [-0.39, 0.29) is 0 Å². The summed E-state index contributed by atoms with van der Waals surface area (Å²) in [5.41, 5.74) is 6.94. The van der Waals surface area contributed by atoms with Crippen LogP contribution in [0.25, 0.3) is 23.0 Å². The Hall–Kier alpha value is -1.64. The van der Waals surface area contributed by atoms with Crippen LogP contribution >= 0.6 is 27.3 Å². The Kier molecular flexibility index (Phi) is 3.36. The molecule has 3 aromatic rings. The van der Waals surface area contributed by atoms with Gasteiger partial charge in [0, 0.05) is 34.4 Å². The minimum atomic E-state index is 0.380. The molecular weight excluding hydrogens is 330 g/mol. The summed E-state index contributed by atoms with van der Waals surface area (Å²) in [6, 6.07) is 1.87. The molecule has 0 radical (unpaired) electrons. The molecule has 19 heavy (non-hydrogen) atoms. The van der Waals surface area contributed by atoms with Crippen LogP contribution in [0.2, 0.25) is 0 Å². The molecule has 0 aliphatic carbocycles. The van der Waals surface area contributed by atoms with Crippen molar-refractivity contribution in [2.24, 2.45) is 5.73 Å². The number of thiazole rings is 1. The second kappa shape index (κ2) is 5.16. The molecule has 3 aromatic heterocycles. The lowest BCUT2D eigenvalue weighted by Crippen LogP contribution is -1.94. The van der Waals surface area contributed by atoms with Gasteiger partial charge in [-0.05, 0) is 22.0 Å². The number of nitrogens with zero attached hydrogens (tertiary/aromatic N) is 4. The summed E-state index contributed by atoms with van der Waals surface area (Å²) in [5, 5.41) is 6.60. The Morgan fingerprint density at radius 2 is 2.21 bits per heavy atom. The first-order valence-electron chi connectivity index (χ1n) is 5.36. The number of aromatic nitrogens is 4. The zero-order valence-electron chi connectivity index (χ0n) is 9.58. The SMILES string of the molecule is NCc1nc(-c2nc(-c3cncc(Br)c3)no2)cs1. The van der Waals surface area contributed by atoms with E-state index >= 15 is 0 Å². The highest BCUT2D eigenvalue weighted by Gasteiger charge is 2.13. The summed E-state index contributed by atoms with van der Waals surface area (Å²) in [7, 11) is 0. The zero-order valence-corrected chi connectivity index (χ0v) is 12.0. The fourth-order valence-electron chi connectivity index (χ4n) is 1.48. The molecule has 0 saturated carbocycles. The molecule has 0 aliphatic heterocycles. The van der Waals surface area contributed by atoms with Gasteiger partial charge in [-0.1, -0.05) is 5.16 Å². The molecule has 3 heterocycles. The van der Waals surface area contributed by atoms with Crippen molar-refractivity contribution in [2.75, 3.05) is 0 Å². The van der Waals surface area contributed by atoms with Crippen LogP contribution in [0.3, 0.4) is 0 Å². The second-order valence-corrected chi connectivity index (χ2v) is 5.50. The molecule has 0 atom stereocenters. The van der Waals surface area contributed by atoms with Crippen molar-refractivity contribution in [1.82, 2.24) is 20.1 Å². The van der Waals surface area contributed by atoms with Crippen LogP contribution in [0.15, 0.2) is 32.8 Å². The molecule has 6 nitrogen and oxygen atoms in total. The lowest BCUT2D eigenvalue weighted by molar-refractivity contribution is 0.431. The van der Waals surface area contributed by atoms with Gasteiger partial charge in [0.05, 0.1) is 0 Å². The lowest BCUT2D eigenvalue weighted by Gasteiger charge is -1.93. The summed E-state index contributed by atoms with van der Waals surface area (Å²) in [6.45, 7) is 0.404. The van der Waals surface area contributed by atoms with Crippen molar-refractivity contribution < 1.29 is 4.52 Å². The summed E-state index contributed by atoms with van der Waals surface area (Å²) in [4.78, 5) is 12.7. The molecule has 0 unspecified atom stereocenters. The molecule has 0 aliphatic rings. The van der Waals surface area contributed by atoms with Crippen molar-refractivity contribution in [3.05, 3.63) is 33.3 Å². The first kappa shape index (κ1) is 12.4. The molecule has 0 fully saturated rings. The van der Waals surface area contributed by atoms with Crippen LogP contribution in [0.4, 0.5) is 0 Å². The van der Waals surface area contributed by atoms with Gasteiger partial charge in [0.2, 0.25) is 5.82 Å². The number of halogens is 1. The van der Waals surface area contributed by atoms with Crippen LogP contribution in [-0.2, 0) is 6.54 Å². The lowest BCUT2D eigenvalue weighted by atomic mass is 10.3. The number of pyridine rings is 1. The van der Waals surface area contributed by atoms with Crippen molar-refractivity contribution in [3.8, 4) is 23.0 Å². The fraction of sp³-hybridized carbons (Fsp3) is 0.0909. The standard InChI is InChI=1S/C11H8BrN5OS/c12-7-1-6(3-14-4-7)10-16-11(18-17-10)8-5-19-9(2-13)15-8/h1,3-5H,2,13H2. The zero-order chi connectivity index (χ0) is 13.2. The van der Waals surface area contributed by atoms with Crippen molar-refractivity contribution in [1.29, 1.82) is 0 Å². The van der Waals surface area contributed by atoms with E-state index in [0.29, 0.717) is 24.0 Å². The maximum Gasteiger partial charge on any atom is 0.277 e. The molecule has 8 heteroatoms. The molecule has 0 amide bonds. The monoisotopic (exact) mass is 337 g/mol. The number of hydrogen-bond donors (Lipinski definition) is 1. The van der Waals surface area contributed by atoms with E-state index < -0.39 is 0 Å². The molecular formula is C11H8BrN5OS. The Morgan fingerprint density at radius 3 is 2.95 bits per heavy atom. The summed E-state index contributed by atoms with van der Waals surface area (Å²) in [6.07, 6.45) is 3.37. The van der Waals surface area contributed by atoms with E-state index in [1.165, 1.54) is 11.3 Å². The maximum absolute atomic E-state index is 5.52. The van der Waals surface area contributed by atoms with E-state index in [4.69, 9.17) is 10.3 Å². The summed E-state index contributed by atoms with van der Waals surface area (Å²) in [5.74, 6) is 0.858. The minimum Gasteiger partial charge on any atom is -0.332 e. The van der Waals surface area contributed by atoms with Crippen LogP contribution in [0.1, 0.15) is 5.01 Å². The van der Waals surface area contributed by atoms with E-state index in [1.807, 2.05) is 11.4 Å². The van der Waals surface area contributed by atoms with Gasteiger partial charge < -0.3 is 10.3 Å². The Bertz CT molecular complexity index is 710. The molecule has 2 N–H and O–H groups in total. The normalized spacial score (nSPS) is 10.8. The van der Waals surface area contributed by atoms with Gasteiger partial charge in [-0.2, -0.15) is 4.98 Å². The maximum atomic E-state index is 5.52. The van der Waals surface area contributed by atoms with Gasteiger partial charge >= 0.3 is 0 Å². The van der Waals surface area contributed by atoms with Gasteiger partial charge in [0.15, 0.2) is 0 Å². The first-order valence-corrected chi connectivity index (χ1v) is 7.03. The second-order valence-electron chi connectivity index (χ2n) is 3.65. The van der Waals surface area contributed by atoms with Gasteiger partial charge in [0.25, 0.3) is 5.89 Å². The van der Waals surface area contributed by atoms with Crippen molar-refractivity contribution >= 4 is 27.3 Å². The van der Waals surface area contributed by atoms with Crippen molar-refractivity contribution in [3.63, 3.8) is 0 Å². The predicted octanol–water partition coefficient (Wildman–Crippen LogP) is 2.48. The largest absolute Gasteiger partial charge is 0.332 e. The van der Waals surface area contributed by atoms with E-state index in [9.17, 15) is 0 Å². The van der Waals surface area contributed by atoms with Crippen LogP contribution < -0.4 is 5.73 Å². The highest BCUT2D eigenvalue weighted by Crippen LogP contribution is 2.24. The quantitative estimate of drug-likeness (QED) is 0.789. The minimum absolute atomic E-state index is 0.380. The van der Waals surface area contributed by atoms with E-state index in [2.05, 4.69) is 36.0 Å². The summed E-state index contributed by atoms with van der Waals surface area (Å²) >= 11 is 4.82. The average molecular weight is 338 g/mol. The topological polar surface area (TPSA) is 90.7 Å². The molecule has 3 rings (SSSR count). The molecule has 0 spiro atoms. The van der Waals surface area contributed by atoms with Crippen LogP contribution in [0.5, 0.6) is 0 Å². The van der Waals surface area contributed by atoms with E-state index in [1.54, 1.807) is 12.4 Å². The third kappa shape index (κ3) is 2.55. The third-order valence-corrected chi connectivity index (χ3v) is 3.64. The Labute approximate surface area is 120 Å². The van der Waals surface area contributed by atoms with Gasteiger partial charge in [-0.25, -0.2) is 4.98 Å². The Morgan fingerprint density at radius 1 is 1.32 bits per heavy atom. The smallest absolute Gasteiger partial charge is 0.277 e. The molecule has 0 aromatic carbocycles. The van der Waals surface area contributed by atoms with E-state index in [0.717, 1.165) is 15.0 Å². The first-order chi connectivity index (χ1) is 9.26. The molecule has 0 saturated heterocycles. The Balaban J connectivity index is 1.95.